The molecule has 0 bridgehead atoms. The highest BCUT2D eigenvalue weighted by molar-refractivity contribution is 5.85. The van der Waals surface area contributed by atoms with Gasteiger partial charge >= 0.3 is 6.03 Å². The lowest BCUT2D eigenvalue weighted by atomic mass is 10.2. The third-order valence-corrected chi connectivity index (χ3v) is 3.62. The smallest absolute Gasteiger partial charge is 0.329 e. The number of nitrogens with zero attached hydrogens (tertiary/aromatic N) is 1. The zero-order chi connectivity index (χ0) is 19.2. The third kappa shape index (κ3) is 8.09. The molecule has 1 aromatic carbocycles. The number of allylic oxidation sites excluding steroid dienone is 2. The molecule has 1 N–H and O–H groups in total. The second-order valence-corrected chi connectivity index (χ2v) is 5.68. The van der Waals surface area contributed by atoms with Crippen LogP contribution in [0, 0.1) is 0 Å². The maximum Gasteiger partial charge on any atom is 0.329 e. The number of hydrogen-bond donors (Lipinski definition) is 1. The predicted octanol–water partition coefficient (Wildman–Crippen LogP) is 3.60. The van der Waals surface area contributed by atoms with Crippen molar-refractivity contribution in [3.05, 3.63) is 60.8 Å². The maximum absolute atomic E-state index is 12.0. The summed E-state index contributed by atoms with van der Waals surface area (Å²) in [5, 5.41) is 2.12. The number of nitrogens with one attached hydrogen (secondary N) is 1. The molecule has 142 valence electrons. The average molecular weight is 360 g/mol. The minimum Gasteiger partial charge on any atom is -0.374 e. The maximum atomic E-state index is 12.0. The van der Waals surface area contributed by atoms with E-state index in [1.807, 2.05) is 36.4 Å². The van der Waals surface area contributed by atoms with Gasteiger partial charge in [0.25, 0.3) is 0 Å². The number of hydrogen-bond acceptors (Lipinski definition) is 4. The number of urea groups is 1. The van der Waals surface area contributed by atoms with Crippen molar-refractivity contribution in [2.24, 2.45) is 0 Å². The number of imide groups is 1. The fourth-order valence-electron chi connectivity index (χ4n) is 2.36. The van der Waals surface area contributed by atoms with Crippen molar-refractivity contribution < 1.29 is 19.1 Å². The third-order valence-electron chi connectivity index (χ3n) is 3.62. The first-order valence-corrected chi connectivity index (χ1v) is 8.65. The molecule has 2 atom stereocenters. The van der Waals surface area contributed by atoms with Gasteiger partial charge in [-0.3, -0.25) is 15.0 Å². The minimum absolute atomic E-state index is 0.205. The molecule has 0 heterocycles. The van der Waals surface area contributed by atoms with Crippen LogP contribution < -0.4 is 5.32 Å². The van der Waals surface area contributed by atoms with Crippen LogP contribution in [0.25, 0.3) is 0 Å². The predicted molar refractivity (Wildman–Crippen MR) is 101 cm³/mol. The first kappa shape index (κ1) is 21.6. The number of carbonyl (C=O) groups is 2. The van der Waals surface area contributed by atoms with Crippen LogP contribution in [-0.4, -0.2) is 36.3 Å². The van der Waals surface area contributed by atoms with E-state index in [1.165, 1.54) is 4.90 Å². The number of benzene rings is 1. The van der Waals surface area contributed by atoms with Crippen molar-refractivity contribution >= 4 is 12.4 Å². The highest BCUT2D eigenvalue weighted by Gasteiger charge is 2.21. The van der Waals surface area contributed by atoms with E-state index in [2.05, 4.69) is 11.9 Å². The summed E-state index contributed by atoms with van der Waals surface area (Å²) in [4.78, 5) is 23.8. The fraction of sp³-hybridized carbons (Fsp3) is 0.400. The standard InChI is InChI=1S/C20H28N2O4/c1-4-6-12-19(15-25-14-18-10-8-7-9-11-18)26-17(3)22(13-5-2)20(24)21-16-23/h4-5,7-11,13,16-17,19H,1,6,12,14-15H2,2-3H3,(H,21,23,24)/b13-5-. The molecule has 0 aromatic heterocycles. The quantitative estimate of drug-likeness (QED) is 0.351. The molecule has 1 aromatic rings. The van der Waals surface area contributed by atoms with Gasteiger partial charge in [-0.05, 0) is 32.3 Å². The number of ether oxygens (including phenoxy) is 2. The first-order chi connectivity index (χ1) is 12.6. The summed E-state index contributed by atoms with van der Waals surface area (Å²) in [7, 11) is 0. The number of amides is 3. The van der Waals surface area contributed by atoms with Gasteiger partial charge in [0.05, 0.1) is 19.3 Å². The molecule has 6 heteroatoms. The highest BCUT2D eigenvalue weighted by atomic mass is 16.5. The van der Waals surface area contributed by atoms with Crippen molar-refractivity contribution in [3.63, 3.8) is 0 Å². The van der Waals surface area contributed by atoms with Gasteiger partial charge in [-0.25, -0.2) is 4.79 Å². The van der Waals surface area contributed by atoms with Crippen LogP contribution in [0.4, 0.5) is 4.79 Å². The zero-order valence-electron chi connectivity index (χ0n) is 15.5. The Kier molecular flexibility index (Phi) is 10.7. The van der Waals surface area contributed by atoms with Crippen molar-refractivity contribution in [1.29, 1.82) is 0 Å². The van der Waals surface area contributed by atoms with E-state index < -0.39 is 12.3 Å². The molecule has 0 aliphatic carbocycles. The monoisotopic (exact) mass is 360 g/mol. The lowest BCUT2D eigenvalue weighted by Crippen LogP contribution is -2.44. The van der Waals surface area contributed by atoms with Gasteiger partial charge in [-0.1, -0.05) is 42.5 Å². The van der Waals surface area contributed by atoms with E-state index in [0.717, 1.165) is 18.4 Å². The topological polar surface area (TPSA) is 67.9 Å². The van der Waals surface area contributed by atoms with Gasteiger partial charge in [-0.2, -0.15) is 0 Å². The molecule has 2 unspecified atom stereocenters. The molecular formula is C20H28N2O4. The molecule has 0 fully saturated rings. The molecule has 0 radical (unpaired) electrons. The number of carbonyl (C=O) groups excluding carboxylic acids is 2. The van der Waals surface area contributed by atoms with E-state index in [1.54, 1.807) is 26.1 Å². The largest absolute Gasteiger partial charge is 0.374 e. The Morgan fingerprint density at radius 2 is 2.08 bits per heavy atom. The summed E-state index contributed by atoms with van der Waals surface area (Å²) < 4.78 is 11.8. The summed E-state index contributed by atoms with van der Waals surface area (Å²) in [5.74, 6) is 0. The van der Waals surface area contributed by atoms with Crippen LogP contribution in [0.15, 0.2) is 55.3 Å². The Morgan fingerprint density at radius 3 is 2.69 bits per heavy atom. The number of rotatable bonds is 12. The molecule has 26 heavy (non-hydrogen) atoms. The molecule has 0 aliphatic rings. The molecule has 0 saturated carbocycles. The van der Waals surface area contributed by atoms with Crippen LogP contribution in [0.2, 0.25) is 0 Å². The molecule has 0 aliphatic heterocycles. The molecule has 0 saturated heterocycles. The highest BCUT2D eigenvalue weighted by Crippen LogP contribution is 2.12. The SMILES string of the molecule is C=CCCC(COCc1ccccc1)OC(C)N(/C=C\C)C(=O)NC=O. The molecular weight excluding hydrogens is 332 g/mol. The first-order valence-electron chi connectivity index (χ1n) is 8.65. The van der Waals surface area contributed by atoms with Crippen molar-refractivity contribution in [2.45, 2.75) is 45.6 Å². The van der Waals surface area contributed by atoms with E-state index in [9.17, 15) is 9.59 Å². The lowest BCUT2D eigenvalue weighted by Gasteiger charge is -2.29. The van der Waals surface area contributed by atoms with Gasteiger partial charge in [-0.15, -0.1) is 6.58 Å². The molecule has 6 nitrogen and oxygen atoms in total. The van der Waals surface area contributed by atoms with Gasteiger partial charge < -0.3 is 9.47 Å². The zero-order valence-corrected chi connectivity index (χ0v) is 15.5. The summed E-state index contributed by atoms with van der Waals surface area (Å²) in [6, 6.07) is 9.35. The second-order valence-electron chi connectivity index (χ2n) is 5.68. The normalized spacial score (nSPS) is 13.2. The van der Waals surface area contributed by atoms with Crippen LogP contribution >= 0.6 is 0 Å². The van der Waals surface area contributed by atoms with Crippen molar-refractivity contribution in [1.82, 2.24) is 10.2 Å². The van der Waals surface area contributed by atoms with Crippen molar-refractivity contribution in [2.75, 3.05) is 6.61 Å². The fourth-order valence-corrected chi connectivity index (χ4v) is 2.36. The molecule has 1 rings (SSSR count). The van der Waals surface area contributed by atoms with E-state index in [4.69, 9.17) is 9.47 Å². The van der Waals surface area contributed by atoms with Crippen LogP contribution in [-0.2, 0) is 20.9 Å². The van der Waals surface area contributed by atoms with Gasteiger partial charge in [0, 0.05) is 6.20 Å². The van der Waals surface area contributed by atoms with E-state index in [0.29, 0.717) is 19.6 Å². The second kappa shape index (κ2) is 12.9. The summed E-state index contributed by atoms with van der Waals surface area (Å²) in [5.41, 5.74) is 1.09. The molecule has 0 spiro atoms. The Hall–Kier alpha value is -2.44. The summed E-state index contributed by atoms with van der Waals surface area (Å²) >= 11 is 0. The summed E-state index contributed by atoms with van der Waals surface area (Å²) in [6.45, 7) is 8.16. The van der Waals surface area contributed by atoms with E-state index in [-0.39, 0.29) is 6.10 Å². The van der Waals surface area contributed by atoms with E-state index >= 15 is 0 Å². The average Bonchev–Trinajstić information content (AvgIpc) is 2.64. The van der Waals surface area contributed by atoms with Crippen molar-refractivity contribution in [3.8, 4) is 0 Å². The Balaban J connectivity index is 2.63. The van der Waals surface area contributed by atoms with Crippen LogP contribution in [0.1, 0.15) is 32.3 Å². The Morgan fingerprint density at radius 1 is 1.35 bits per heavy atom. The molecule has 3 amide bonds. The van der Waals surface area contributed by atoms with Gasteiger partial charge in [0.1, 0.15) is 6.23 Å². The summed E-state index contributed by atoms with van der Waals surface area (Å²) in [6.07, 6.45) is 6.18. The lowest BCUT2D eigenvalue weighted by molar-refractivity contribution is -0.109. The van der Waals surface area contributed by atoms with Crippen LogP contribution in [0.3, 0.4) is 0 Å². The van der Waals surface area contributed by atoms with Gasteiger partial charge in [0.2, 0.25) is 6.41 Å². The van der Waals surface area contributed by atoms with Gasteiger partial charge in [0.15, 0.2) is 0 Å². The minimum atomic E-state index is -0.554. The Labute approximate surface area is 155 Å². The Bertz CT molecular complexity index is 574. The van der Waals surface area contributed by atoms with Crippen LogP contribution in [0.5, 0.6) is 0 Å².